The highest BCUT2D eigenvalue weighted by molar-refractivity contribution is 5.89. The molecule has 0 amide bonds. The summed E-state index contributed by atoms with van der Waals surface area (Å²) in [5.74, 6) is -0.406. The molecule has 2 rings (SSSR count). The second-order valence-corrected chi connectivity index (χ2v) is 5.13. The highest BCUT2D eigenvalue weighted by Crippen LogP contribution is 2.18. The first-order chi connectivity index (χ1) is 12.0. The quantitative estimate of drug-likeness (QED) is 0.474. The number of nitriles is 1. The number of rotatable bonds is 5. The number of nitrogens with zero attached hydrogens (tertiary/aromatic N) is 1. The highest BCUT2D eigenvalue weighted by atomic mass is 16.5. The second kappa shape index (κ2) is 8.27. The largest absolute Gasteiger partial charge is 0.423 e. The van der Waals surface area contributed by atoms with Gasteiger partial charge in [-0.3, -0.25) is 0 Å². The van der Waals surface area contributed by atoms with Crippen LogP contribution in [0.3, 0.4) is 0 Å². The van der Waals surface area contributed by atoms with E-state index in [0.717, 1.165) is 5.56 Å². The van der Waals surface area contributed by atoms with Crippen LogP contribution in [0.5, 0.6) is 11.5 Å². The van der Waals surface area contributed by atoms with Gasteiger partial charge in [0, 0.05) is 11.6 Å². The molecule has 0 saturated carbocycles. The van der Waals surface area contributed by atoms with Crippen molar-refractivity contribution in [3.63, 3.8) is 0 Å². The third-order valence-corrected chi connectivity index (χ3v) is 3.05. The number of hydrogen-bond donors (Lipinski definition) is 0. The minimum Gasteiger partial charge on any atom is -0.423 e. The van der Waals surface area contributed by atoms with Crippen molar-refractivity contribution in [1.82, 2.24) is 0 Å². The van der Waals surface area contributed by atoms with Crippen molar-refractivity contribution in [2.45, 2.75) is 6.92 Å². The van der Waals surface area contributed by atoms with E-state index in [4.69, 9.17) is 14.7 Å². The third kappa shape index (κ3) is 5.48. The Labute approximate surface area is 145 Å². The molecule has 2 aromatic rings. The maximum atomic E-state index is 11.8. The molecule has 0 spiro atoms. The normalized spacial score (nSPS) is 10.1. The highest BCUT2D eigenvalue weighted by Gasteiger charge is 2.06. The molecule has 0 aliphatic heterocycles. The van der Waals surface area contributed by atoms with E-state index < -0.39 is 11.9 Å². The maximum Gasteiger partial charge on any atom is 0.338 e. The summed E-state index contributed by atoms with van der Waals surface area (Å²) in [6.07, 6.45) is 2.88. The van der Waals surface area contributed by atoms with E-state index in [1.807, 2.05) is 6.07 Å². The summed E-state index contributed by atoms with van der Waals surface area (Å²) in [5, 5.41) is 8.73. The molecule has 124 valence electrons. The Balaban J connectivity index is 1.93. The molecule has 0 fully saturated rings. The van der Waals surface area contributed by atoms with Crippen molar-refractivity contribution in [2.75, 3.05) is 0 Å². The molecule has 5 nitrogen and oxygen atoms in total. The lowest BCUT2D eigenvalue weighted by atomic mass is 10.1. The number of hydrogen-bond acceptors (Lipinski definition) is 5. The Morgan fingerprint density at radius 3 is 2.08 bits per heavy atom. The van der Waals surface area contributed by atoms with Crippen LogP contribution in [0.25, 0.3) is 6.08 Å². The lowest BCUT2D eigenvalue weighted by Crippen LogP contribution is -2.08. The van der Waals surface area contributed by atoms with Gasteiger partial charge in [0.1, 0.15) is 11.5 Å². The van der Waals surface area contributed by atoms with E-state index in [1.54, 1.807) is 37.3 Å². The zero-order chi connectivity index (χ0) is 18.2. The first-order valence-corrected chi connectivity index (χ1v) is 7.36. The third-order valence-electron chi connectivity index (χ3n) is 3.05. The number of carbonyl (C=O) groups is 2. The van der Waals surface area contributed by atoms with E-state index in [9.17, 15) is 9.59 Å². The predicted octanol–water partition coefficient (Wildman–Crippen LogP) is 3.66. The molecule has 0 aliphatic carbocycles. The van der Waals surface area contributed by atoms with Crippen LogP contribution in [-0.4, -0.2) is 11.9 Å². The Kier molecular flexibility index (Phi) is 5.86. The average Bonchev–Trinajstić information content (AvgIpc) is 2.62. The van der Waals surface area contributed by atoms with Crippen LogP contribution in [0, 0.1) is 11.3 Å². The zero-order valence-corrected chi connectivity index (χ0v) is 13.6. The summed E-state index contributed by atoms with van der Waals surface area (Å²) >= 11 is 0. The lowest BCUT2D eigenvalue weighted by molar-refractivity contribution is -0.130. The van der Waals surface area contributed by atoms with Crippen LogP contribution < -0.4 is 9.47 Å². The van der Waals surface area contributed by atoms with Gasteiger partial charge in [0.05, 0.1) is 11.6 Å². The molecule has 0 atom stereocenters. The Morgan fingerprint density at radius 2 is 1.56 bits per heavy atom. The van der Waals surface area contributed by atoms with Crippen molar-refractivity contribution in [1.29, 1.82) is 5.26 Å². The molecule has 5 heteroatoms. The van der Waals surface area contributed by atoms with Gasteiger partial charge >= 0.3 is 11.9 Å². The maximum absolute atomic E-state index is 11.8. The number of esters is 2. The van der Waals surface area contributed by atoms with E-state index in [0.29, 0.717) is 22.6 Å². The van der Waals surface area contributed by atoms with Gasteiger partial charge in [0.25, 0.3) is 0 Å². The van der Waals surface area contributed by atoms with E-state index >= 15 is 0 Å². The first kappa shape index (κ1) is 17.7. The molecule has 0 unspecified atom stereocenters. The van der Waals surface area contributed by atoms with Gasteiger partial charge in [-0.1, -0.05) is 18.7 Å². The van der Waals surface area contributed by atoms with Crippen molar-refractivity contribution in [3.05, 3.63) is 77.9 Å². The molecule has 25 heavy (non-hydrogen) atoms. The minimum absolute atomic E-state index is 0.295. The summed E-state index contributed by atoms with van der Waals surface area (Å²) < 4.78 is 10.2. The average molecular weight is 333 g/mol. The number of benzene rings is 2. The van der Waals surface area contributed by atoms with Gasteiger partial charge in [-0.25, -0.2) is 9.59 Å². The van der Waals surface area contributed by atoms with Crippen molar-refractivity contribution >= 4 is 18.0 Å². The molecule has 0 N–H and O–H groups in total. The SMILES string of the molecule is C=C(C)C(=O)Oc1ccc(OC(=O)C=Cc2ccc(C#N)cc2)cc1. The molecule has 0 saturated heterocycles. The van der Waals surface area contributed by atoms with Gasteiger partial charge in [0.15, 0.2) is 0 Å². The summed E-state index contributed by atoms with van der Waals surface area (Å²) in [6, 6.07) is 14.9. The van der Waals surface area contributed by atoms with Crippen molar-refractivity contribution in [3.8, 4) is 17.6 Å². The van der Waals surface area contributed by atoms with Gasteiger partial charge in [0.2, 0.25) is 0 Å². The Bertz CT molecular complexity index is 856. The summed E-state index contributed by atoms with van der Waals surface area (Å²) in [4.78, 5) is 23.2. The van der Waals surface area contributed by atoms with Crippen LogP contribution in [0.1, 0.15) is 18.1 Å². The second-order valence-electron chi connectivity index (χ2n) is 5.13. The van der Waals surface area contributed by atoms with E-state index in [-0.39, 0.29) is 0 Å². The van der Waals surface area contributed by atoms with Crippen LogP contribution in [0.15, 0.2) is 66.8 Å². The Hall–Kier alpha value is -3.65. The van der Waals surface area contributed by atoms with Crippen LogP contribution in [0.2, 0.25) is 0 Å². The molecule has 0 heterocycles. The fourth-order valence-electron chi connectivity index (χ4n) is 1.75. The van der Waals surface area contributed by atoms with Gasteiger partial charge < -0.3 is 9.47 Å². The van der Waals surface area contributed by atoms with E-state index in [2.05, 4.69) is 6.58 Å². The Morgan fingerprint density at radius 1 is 1.00 bits per heavy atom. The van der Waals surface area contributed by atoms with E-state index in [1.165, 1.54) is 30.3 Å². The predicted molar refractivity (Wildman–Crippen MR) is 92.7 cm³/mol. The standard InChI is InChI=1S/C20H15NO4/c1-14(2)20(23)25-18-10-8-17(9-11-18)24-19(22)12-7-15-3-5-16(13-21)6-4-15/h3-12H,1H2,2H3. The molecule has 0 bridgehead atoms. The lowest BCUT2D eigenvalue weighted by Gasteiger charge is -2.05. The summed E-state index contributed by atoms with van der Waals surface area (Å²) in [6.45, 7) is 5.05. The summed E-state index contributed by atoms with van der Waals surface area (Å²) in [5.41, 5.74) is 1.62. The summed E-state index contributed by atoms with van der Waals surface area (Å²) in [7, 11) is 0. The van der Waals surface area contributed by atoms with Crippen LogP contribution in [-0.2, 0) is 9.59 Å². The number of carbonyl (C=O) groups excluding carboxylic acids is 2. The zero-order valence-electron chi connectivity index (χ0n) is 13.6. The smallest absolute Gasteiger partial charge is 0.338 e. The molecule has 0 aromatic heterocycles. The molecular weight excluding hydrogens is 318 g/mol. The minimum atomic E-state index is -0.545. The number of ether oxygens (including phenoxy) is 2. The fourth-order valence-corrected chi connectivity index (χ4v) is 1.75. The molecular formula is C20H15NO4. The van der Waals surface area contributed by atoms with Crippen LogP contribution in [0.4, 0.5) is 0 Å². The van der Waals surface area contributed by atoms with Crippen molar-refractivity contribution < 1.29 is 19.1 Å². The molecule has 0 radical (unpaired) electrons. The monoisotopic (exact) mass is 333 g/mol. The van der Waals surface area contributed by atoms with Crippen LogP contribution >= 0.6 is 0 Å². The van der Waals surface area contributed by atoms with Gasteiger partial charge in [-0.15, -0.1) is 0 Å². The molecule has 2 aromatic carbocycles. The van der Waals surface area contributed by atoms with Crippen molar-refractivity contribution in [2.24, 2.45) is 0 Å². The fraction of sp³-hybridized carbons (Fsp3) is 0.0500. The first-order valence-electron chi connectivity index (χ1n) is 7.36. The molecule has 0 aliphatic rings. The topological polar surface area (TPSA) is 76.4 Å². The van der Waals surface area contributed by atoms with Gasteiger partial charge in [-0.2, -0.15) is 5.26 Å². The van der Waals surface area contributed by atoms with Gasteiger partial charge in [-0.05, 0) is 55.0 Å².